The van der Waals surface area contributed by atoms with Crippen molar-refractivity contribution >= 4 is 32.8 Å². The van der Waals surface area contributed by atoms with Crippen LogP contribution in [-0.4, -0.2) is 22.6 Å². The number of benzene rings is 1. The van der Waals surface area contributed by atoms with E-state index in [1.54, 1.807) is 0 Å². The lowest BCUT2D eigenvalue weighted by Gasteiger charge is -2.45. The molecule has 21 heavy (non-hydrogen) atoms. The van der Waals surface area contributed by atoms with Crippen molar-refractivity contribution in [2.75, 3.05) is 6.54 Å². The lowest BCUT2D eigenvalue weighted by Crippen LogP contribution is -2.50. The van der Waals surface area contributed by atoms with E-state index in [-0.39, 0.29) is 6.04 Å². The van der Waals surface area contributed by atoms with Gasteiger partial charge in [-0.25, -0.2) is 0 Å². The predicted octanol–water partition coefficient (Wildman–Crippen LogP) is 3.37. The second kappa shape index (κ2) is 4.58. The Balaban J connectivity index is 1.88. The third kappa shape index (κ3) is 1.80. The third-order valence-corrected chi connectivity index (χ3v) is 5.63. The zero-order chi connectivity index (χ0) is 14.6. The summed E-state index contributed by atoms with van der Waals surface area (Å²) in [5.74, 6) is -0.668. The van der Waals surface area contributed by atoms with Gasteiger partial charge in [0, 0.05) is 21.1 Å². The Bertz CT molecular complexity index is 733. The second-order valence-corrected chi connectivity index (χ2v) is 7.07. The number of aromatic amines is 1. The molecule has 2 heterocycles. The second-order valence-electron chi connectivity index (χ2n) is 6.16. The van der Waals surface area contributed by atoms with Crippen molar-refractivity contribution in [2.24, 2.45) is 5.41 Å². The van der Waals surface area contributed by atoms with Gasteiger partial charge in [-0.05, 0) is 49.6 Å². The number of carbonyl (C=O) groups is 1. The third-order valence-electron chi connectivity index (χ3n) is 5.14. The van der Waals surface area contributed by atoms with Crippen LogP contribution in [0.2, 0.25) is 0 Å². The average molecular weight is 349 g/mol. The van der Waals surface area contributed by atoms with Crippen molar-refractivity contribution in [3.8, 4) is 0 Å². The van der Waals surface area contributed by atoms with E-state index in [0.29, 0.717) is 0 Å². The molecule has 3 N–H and O–H groups in total. The van der Waals surface area contributed by atoms with Crippen LogP contribution in [-0.2, 0) is 11.2 Å². The number of halogens is 1. The van der Waals surface area contributed by atoms with E-state index in [0.717, 1.165) is 47.9 Å². The van der Waals surface area contributed by atoms with Crippen LogP contribution in [0.1, 0.15) is 36.6 Å². The molecule has 1 aromatic carbocycles. The fourth-order valence-electron chi connectivity index (χ4n) is 3.86. The van der Waals surface area contributed by atoms with Gasteiger partial charge in [-0.1, -0.05) is 22.4 Å². The summed E-state index contributed by atoms with van der Waals surface area (Å²) in [6.45, 7) is 0.839. The van der Waals surface area contributed by atoms with Crippen LogP contribution in [0, 0.1) is 5.41 Å². The summed E-state index contributed by atoms with van der Waals surface area (Å²) in [5.41, 5.74) is 2.82. The molecule has 1 saturated carbocycles. The van der Waals surface area contributed by atoms with Crippen LogP contribution in [0.25, 0.3) is 10.9 Å². The maximum Gasteiger partial charge on any atom is 0.311 e. The van der Waals surface area contributed by atoms with E-state index < -0.39 is 11.4 Å². The van der Waals surface area contributed by atoms with Gasteiger partial charge in [-0.2, -0.15) is 0 Å². The molecule has 2 aromatic rings. The molecule has 1 atom stereocenters. The first-order valence-corrected chi connectivity index (χ1v) is 8.18. The Morgan fingerprint density at radius 2 is 2.19 bits per heavy atom. The number of fused-ring (bicyclic) bond motifs is 3. The first-order valence-electron chi connectivity index (χ1n) is 7.38. The van der Waals surface area contributed by atoms with Gasteiger partial charge < -0.3 is 15.4 Å². The van der Waals surface area contributed by atoms with Crippen LogP contribution in [0.3, 0.4) is 0 Å². The normalized spacial score (nSPS) is 23.6. The Morgan fingerprint density at radius 3 is 2.86 bits per heavy atom. The average Bonchev–Trinajstić information content (AvgIpc) is 2.76. The lowest BCUT2D eigenvalue weighted by atomic mass is 9.62. The highest BCUT2D eigenvalue weighted by atomic mass is 79.9. The molecule has 110 valence electrons. The Morgan fingerprint density at radius 1 is 1.38 bits per heavy atom. The predicted molar refractivity (Wildman–Crippen MR) is 84.4 cm³/mol. The molecule has 2 aliphatic rings. The topological polar surface area (TPSA) is 65.1 Å². The van der Waals surface area contributed by atoms with Gasteiger partial charge in [0.2, 0.25) is 0 Å². The summed E-state index contributed by atoms with van der Waals surface area (Å²) >= 11 is 3.52. The quantitative estimate of drug-likeness (QED) is 0.779. The number of carboxylic acid groups (broad SMARTS) is 1. The van der Waals surface area contributed by atoms with Crippen molar-refractivity contribution in [1.29, 1.82) is 0 Å². The minimum atomic E-state index is -0.668. The molecule has 1 aromatic heterocycles. The molecule has 1 aliphatic carbocycles. The van der Waals surface area contributed by atoms with E-state index in [1.807, 2.05) is 6.07 Å². The number of carboxylic acids is 1. The largest absolute Gasteiger partial charge is 0.481 e. The Kier molecular flexibility index (Phi) is 2.91. The molecule has 0 spiro atoms. The minimum Gasteiger partial charge on any atom is -0.481 e. The van der Waals surface area contributed by atoms with Crippen LogP contribution in [0.5, 0.6) is 0 Å². The standard InChI is InChI=1S/C16H17BrN2O2/c17-9-2-3-12-11(8-9)10-4-7-18-14(13(10)19-12)16(15(20)21)5-1-6-16/h2-3,8,14,18-19H,1,4-7H2,(H,20,21)/t14-/m0/s1. The molecule has 4 nitrogen and oxygen atoms in total. The molecule has 0 amide bonds. The molecule has 0 radical (unpaired) electrons. The van der Waals surface area contributed by atoms with Crippen LogP contribution in [0.15, 0.2) is 22.7 Å². The minimum absolute atomic E-state index is 0.0984. The van der Waals surface area contributed by atoms with E-state index >= 15 is 0 Å². The summed E-state index contributed by atoms with van der Waals surface area (Å²) in [7, 11) is 0. The lowest BCUT2D eigenvalue weighted by molar-refractivity contribution is -0.158. The van der Waals surface area contributed by atoms with Gasteiger partial charge in [-0.3, -0.25) is 4.79 Å². The molecule has 0 saturated heterocycles. The number of nitrogens with one attached hydrogen (secondary N) is 2. The summed E-state index contributed by atoms with van der Waals surface area (Å²) in [5, 5.41) is 14.4. The van der Waals surface area contributed by atoms with Crippen LogP contribution < -0.4 is 5.32 Å². The maximum absolute atomic E-state index is 11.8. The van der Waals surface area contributed by atoms with Gasteiger partial charge in [0.25, 0.3) is 0 Å². The molecular formula is C16H17BrN2O2. The molecule has 5 heteroatoms. The van der Waals surface area contributed by atoms with Crippen LogP contribution in [0.4, 0.5) is 0 Å². The van der Waals surface area contributed by atoms with Gasteiger partial charge >= 0.3 is 5.97 Å². The highest BCUT2D eigenvalue weighted by Gasteiger charge is 2.52. The van der Waals surface area contributed by atoms with E-state index in [4.69, 9.17) is 0 Å². The Labute approximate surface area is 131 Å². The first-order chi connectivity index (χ1) is 10.1. The number of hydrogen-bond donors (Lipinski definition) is 3. The molecule has 1 aliphatic heterocycles. The SMILES string of the molecule is O=C(O)C1([C@H]2NCCc3c2[nH]c2ccc(Br)cc32)CCC1. The smallest absolute Gasteiger partial charge is 0.311 e. The zero-order valence-electron chi connectivity index (χ0n) is 11.6. The van der Waals surface area contributed by atoms with Gasteiger partial charge in [-0.15, -0.1) is 0 Å². The summed E-state index contributed by atoms with van der Waals surface area (Å²) in [4.78, 5) is 15.3. The van der Waals surface area contributed by atoms with Crippen LogP contribution >= 0.6 is 15.9 Å². The summed E-state index contributed by atoms with van der Waals surface area (Å²) in [6.07, 6.45) is 3.47. The van der Waals surface area contributed by atoms with Crippen molar-refractivity contribution in [2.45, 2.75) is 31.7 Å². The first kappa shape index (κ1) is 13.3. The fraction of sp³-hybridized carbons (Fsp3) is 0.438. The Hall–Kier alpha value is -1.33. The maximum atomic E-state index is 11.8. The molecule has 1 fully saturated rings. The number of hydrogen-bond acceptors (Lipinski definition) is 2. The molecule has 0 unspecified atom stereocenters. The van der Waals surface area contributed by atoms with Gasteiger partial charge in [0.15, 0.2) is 0 Å². The van der Waals surface area contributed by atoms with E-state index in [2.05, 4.69) is 38.4 Å². The van der Waals surface area contributed by atoms with E-state index in [1.165, 1.54) is 10.9 Å². The van der Waals surface area contributed by atoms with Crippen molar-refractivity contribution in [3.05, 3.63) is 33.9 Å². The summed E-state index contributed by atoms with van der Waals surface area (Å²) in [6, 6.07) is 6.10. The van der Waals surface area contributed by atoms with Gasteiger partial charge in [0.1, 0.15) is 0 Å². The molecule has 0 bridgehead atoms. The van der Waals surface area contributed by atoms with Gasteiger partial charge in [0.05, 0.1) is 11.5 Å². The number of rotatable bonds is 2. The van der Waals surface area contributed by atoms with Crippen molar-refractivity contribution < 1.29 is 9.90 Å². The van der Waals surface area contributed by atoms with Crippen molar-refractivity contribution in [1.82, 2.24) is 10.3 Å². The highest BCUT2D eigenvalue weighted by Crippen LogP contribution is 2.52. The monoisotopic (exact) mass is 348 g/mol. The number of aromatic nitrogens is 1. The summed E-state index contributed by atoms with van der Waals surface area (Å²) < 4.78 is 1.06. The zero-order valence-corrected chi connectivity index (χ0v) is 13.2. The molecular weight excluding hydrogens is 332 g/mol. The number of aliphatic carboxylic acids is 1. The fourth-order valence-corrected chi connectivity index (χ4v) is 4.22. The van der Waals surface area contributed by atoms with Crippen molar-refractivity contribution in [3.63, 3.8) is 0 Å². The highest BCUT2D eigenvalue weighted by molar-refractivity contribution is 9.10. The van der Waals surface area contributed by atoms with E-state index in [9.17, 15) is 9.90 Å². The number of H-pyrrole nitrogens is 1. The molecule has 4 rings (SSSR count).